The highest BCUT2D eigenvalue weighted by Crippen LogP contribution is 2.31. The molecule has 2 unspecified atom stereocenters. The molecule has 2 atom stereocenters. The van der Waals surface area contributed by atoms with Crippen LogP contribution in [0, 0.1) is 0 Å². The van der Waals surface area contributed by atoms with E-state index in [1.165, 1.54) is 10.9 Å². The zero-order valence-electron chi connectivity index (χ0n) is 8.64. The van der Waals surface area contributed by atoms with Gasteiger partial charge in [0.1, 0.15) is 10.7 Å². The molecule has 0 aromatic carbocycles. The van der Waals surface area contributed by atoms with E-state index in [2.05, 4.69) is 5.10 Å². The van der Waals surface area contributed by atoms with Crippen molar-refractivity contribution in [2.24, 2.45) is 0 Å². The van der Waals surface area contributed by atoms with Crippen LogP contribution in [0.3, 0.4) is 0 Å². The van der Waals surface area contributed by atoms with Crippen LogP contribution in [-0.4, -0.2) is 32.1 Å². The summed E-state index contributed by atoms with van der Waals surface area (Å²) in [7, 11) is 0. The first-order valence-corrected chi connectivity index (χ1v) is 5.63. The number of aromatic carboxylic acids is 1. The van der Waals surface area contributed by atoms with Gasteiger partial charge in [0.15, 0.2) is 0 Å². The lowest BCUT2D eigenvalue weighted by atomic mass is 9.93. The first-order chi connectivity index (χ1) is 7.61. The Morgan fingerprint density at radius 3 is 2.75 bits per heavy atom. The molecule has 1 aliphatic rings. The molecule has 16 heavy (non-hydrogen) atoms. The Morgan fingerprint density at radius 2 is 2.19 bits per heavy atom. The summed E-state index contributed by atoms with van der Waals surface area (Å²) in [5.74, 6) is -1.10. The standard InChI is InChI=1S/C10H13ClN2O3/c11-9-6(10(15)16)5-12-13(9)7-3-1-2-4-8(7)14/h5,7-8,14H,1-4H2,(H,15,16). The lowest BCUT2D eigenvalue weighted by Gasteiger charge is -2.28. The molecule has 6 heteroatoms. The van der Waals surface area contributed by atoms with Gasteiger partial charge in [0.05, 0.1) is 18.3 Å². The molecule has 2 N–H and O–H groups in total. The Kier molecular flexibility index (Phi) is 3.16. The summed E-state index contributed by atoms with van der Waals surface area (Å²) in [4.78, 5) is 10.8. The van der Waals surface area contributed by atoms with Gasteiger partial charge in [0, 0.05) is 0 Å². The fourth-order valence-electron chi connectivity index (χ4n) is 2.10. The first kappa shape index (κ1) is 11.4. The van der Waals surface area contributed by atoms with Crippen LogP contribution in [0.2, 0.25) is 5.15 Å². The van der Waals surface area contributed by atoms with Crippen molar-refractivity contribution >= 4 is 17.6 Å². The largest absolute Gasteiger partial charge is 0.478 e. The van der Waals surface area contributed by atoms with Gasteiger partial charge in [0.25, 0.3) is 0 Å². The molecule has 88 valence electrons. The topological polar surface area (TPSA) is 75.3 Å². The Balaban J connectivity index is 2.29. The molecular formula is C10H13ClN2O3. The molecule has 1 aromatic rings. The summed E-state index contributed by atoms with van der Waals surface area (Å²) in [6.07, 6.45) is 4.22. The minimum absolute atomic E-state index is 0.0144. The van der Waals surface area contributed by atoms with Gasteiger partial charge in [-0.15, -0.1) is 0 Å². The normalized spacial score (nSPS) is 25.6. The molecule has 0 bridgehead atoms. The number of hydrogen-bond acceptors (Lipinski definition) is 3. The number of carbonyl (C=O) groups is 1. The number of halogens is 1. The first-order valence-electron chi connectivity index (χ1n) is 5.25. The van der Waals surface area contributed by atoms with Crippen LogP contribution in [0.4, 0.5) is 0 Å². The molecule has 1 aliphatic carbocycles. The molecule has 0 radical (unpaired) electrons. The fraction of sp³-hybridized carbons (Fsp3) is 0.600. The second kappa shape index (κ2) is 4.43. The van der Waals surface area contributed by atoms with Gasteiger partial charge < -0.3 is 10.2 Å². The summed E-state index contributed by atoms with van der Waals surface area (Å²) in [6.45, 7) is 0. The van der Waals surface area contributed by atoms with Crippen molar-refractivity contribution in [1.29, 1.82) is 0 Å². The van der Waals surface area contributed by atoms with E-state index in [1.807, 2.05) is 0 Å². The highest BCUT2D eigenvalue weighted by Gasteiger charge is 2.28. The van der Waals surface area contributed by atoms with Crippen molar-refractivity contribution < 1.29 is 15.0 Å². The third kappa shape index (κ3) is 1.92. The third-order valence-electron chi connectivity index (χ3n) is 2.97. The summed E-state index contributed by atoms with van der Waals surface area (Å²) in [5.41, 5.74) is -0.0144. The smallest absolute Gasteiger partial charge is 0.340 e. The van der Waals surface area contributed by atoms with Gasteiger partial charge in [-0.3, -0.25) is 0 Å². The molecule has 0 saturated heterocycles. The van der Waals surface area contributed by atoms with Crippen LogP contribution < -0.4 is 0 Å². The van der Waals surface area contributed by atoms with E-state index < -0.39 is 12.1 Å². The summed E-state index contributed by atoms with van der Waals surface area (Å²) < 4.78 is 1.43. The number of aliphatic hydroxyl groups excluding tert-OH is 1. The quantitative estimate of drug-likeness (QED) is 0.831. The van der Waals surface area contributed by atoms with Crippen LogP contribution in [0.5, 0.6) is 0 Å². The van der Waals surface area contributed by atoms with Crippen LogP contribution in [0.1, 0.15) is 42.1 Å². The van der Waals surface area contributed by atoms with Gasteiger partial charge in [-0.2, -0.15) is 5.10 Å². The zero-order valence-corrected chi connectivity index (χ0v) is 9.39. The maximum Gasteiger partial charge on any atom is 0.340 e. The van der Waals surface area contributed by atoms with Crippen molar-refractivity contribution in [3.63, 3.8) is 0 Å². The second-order valence-corrected chi connectivity index (χ2v) is 4.38. The summed E-state index contributed by atoms with van der Waals surface area (Å²) in [5, 5.41) is 22.7. The molecule has 2 rings (SSSR count). The van der Waals surface area contributed by atoms with Crippen LogP contribution in [-0.2, 0) is 0 Å². The predicted molar refractivity (Wildman–Crippen MR) is 57.7 cm³/mol. The molecule has 0 aliphatic heterocycles. The Morgan fingerprint density at radius 1 is 1.50 bits per heavy atom. The highest BCUT2D eigenvalue weighted by atomic mass is 35.5. The van der Waals surface area contributed by atoms with E-state index in [0.717, 1.165) is 19.3 Å². The average Bonchev–Trinajstić information content (AvgIpc) is 2.61. The van der Waals surface area contributed by atoms with Crippen molar-refractivity contribution in [3.8, 4) is 0 Å². The molecule has 0 amide bonds. The number of carboxylic acids is 1. The molecular weight excluding hydrogens is 232 g/mol. The van der Waals surface area contributed by atoms with Crippen LogP contribution >= 0.6 is 11.6 Å². The lowest BCUT2D eigenvalue weighted by Crippen LogP contribution is -2.28. The number of nitrogens with zero attached hydrogens (tertiary/aromatic N) is 2. The van der Waals surface area contributed by atoms with E-state index in [9.17, 15) is 9.90 Å². The van der Waals surface area contributed by atoms with Gasteiger partial charge in [-0.25, -0.2) is 9.48 Å². The average molecular weight is 245 g/mol. The lowest BCUT2D eigenvalue weighted by molar-refractivity contribution is 0.0674. The molecule has 1 fully saturated rings. The van der Waals surface area contributed by atoms with Crippen molar-refractivity contribution in [2.45, 2.75) is 37.8 Å². The molecule has 1 saturated carbocycles. The second-order valence-electron chi connectivity index (χ2n) is 4.02. The van der Waals surface area contributed by atoms with Crippen molar-refractivity contribution in [3.05, 3.63) is 16.9 Å². The SMILES string of the molecule is O=C(O)c1cnn(C2CCCCC2O)c1Cl. The van der Waals surface area contributed by atoms with Gasteiger partial charge in [-0.05, 0) is 12.8 Å². The maximum absolute atomic E-state index is 10.8. The molecule has 5 nitrogen and oxygen atoms in total. The van der Waals surface area contributed by atoms with Crippen LogP contribution in [0.25, 0.3) is 0 Å². The van der Waals surface area contributed by atoms with Gasteiger partial charge in [0.2, 0.25) is 0 Å². The number of carboxylic acid groups (broad SMARTS) is 1. The number of aromatic nitrogens is 2. The Hall–Kier alpha value is -1.07. The Labute approximate surface area is 97.6 Å². The van der Waals surface area contributed by atoms with E-state index in [0.29, 0.717) is 6.42 Å². The summed E-state index contributed by atoms with van der Waals surface area (Å²) in [6, 6.07) is -0.200. The third-order valence-corrected chi connectivity index (χ3v) is 3.35. The van der Waals surface area contributed by atoms with Crippen molar-refractivity contribution in [2.75, 3.05) is 0 Å². The van der Waals surface area contributed by atoms with E-state index in [-0.39, 0.29) is 16.8 Å². The molecule has 0 spiro atoms. The van der Waals surface area contributed by atoms with E-state index in [1.54, 1.807) is 0 Å². The monoisotopic (exact) mass is 244 g/mol. The van der Waals surface area contributed by atoms with E-state index >= 15 is 0 Å². The number of hydrogen-bond donors (Lipinski definition) is 2. The number of aliphatic hydroxyl groups is 1. The zero-order chi connectivity index (χ0) is 11.7. The minimum atomic E-state index is -1.10. The number of rotatable bonds is 2. The van der Waals surface area contributed by atoms with Gasteiger partial charge in [-0.1, -0.05) is 24.4 Å². The van der Waals surface area contributed by atoms with E-state index in [4.69, 9.17) is 16.7 Å². The minimum Gasteiger partial charge on any atom is -0.478 e. The molecule has 1 heterocycles. The van der Waals surface area contributed by atoms with Crippen molar-refractivity contribution in [1.82, 2.24) is 9.78 Å². The fourth-order valence-corrected chi connectivity index (χ4v) is 2.40. The van der Waals surface area contributed by atoms with Gasteiger partial charge >= 0.3 is 5.97 Å². The Bertz CT molecular complexity index is 405. The summed E-state index contributed by atoms with van der Waals surface area (Å²) >= 11 is 5.93. The predicted octanol–water partition coefficient (Wildman–Crippen LogP) is 1.71. The highest BCUT2D eigenvalue weighted by molar-refractivity contribution is 6.32. The van der Waals surface area contributed by atoms with Crippen LogP contribution in [0.15, 0.2) is 6.20 Å². The maximum atomic E-state index is 10.8. The molecule has 1 aromatic heterocycles.